The number of rotatable bonds is 3. The molecule has 0 aliphatic carbocycles. The van der Waals surface area contributed by atoms with Gasteiger partial charge >= 0.3 is 0 Å². The Morgan fingerprint density at radius 3 is 2.05 bits per heavy atom. The molecule has 0 saturated carbocycles. The minimum atomic E-state index is -2.10. The van der Waals surface area contributed by atoms with Crippen molar-refractivity contribution >= 4 is 24.6 Å². The molecule has 0 aromatic heterocycles. The van der Waals surface area contributed by atoms with E-state index in [4.69, 9.17) is 9.51 Å². The zero-order chi connectivity index (χ0) is 14.5. The van der Waals surface area contributed by atoms with E-state index in [0.29, 0.717) is 0 Å². The highest BCUT2D eigenvalue weighted by Gasteiger charge is 2.11. The van der Waals surface area contributed by atoms with Crippen LogP contribution in [-0.2, 0) is 0 Å². The molecule has 0 amide bonds. The molecule has 1 aromatic rings. The Kier molecular flexibility index (Phi) is 5.49. The maximum Gasteiger partial charge on any atom is 0.185 e. The van der Waals surface area contributed by atoms with E-state index in [-0.39, 0.29) is 0 Å². The summed E-state index contributed by atoms with van der Waals surface area (Å²) in [5.41, 5.74) is 1.93. The van der Waals surface area contributed by atoms with Gasteiger partial charge in [-0.25, -0.2) is 14.3 Å². The molecule has 1 unspecified atom stereocenters. The summed E-state index contributed by atoms with van der Waals surface area (Å²) >= 11 is 0. The molecular formula is C14H23N4P. The summed E-state index contributed by atoms with van der Waals surface area (Å²) in [5, 5.41) is 0. The molecule has 4 nitrogen and oxygen atoms in total. The van der Waals surface area contributed by atoms with Crippen molar-refractivity contribution in [2.75, 3.05) is 20.8 Å². The Morgan fingerprint density at radius 2 is 1.58 bits per heavy atom. The third-order valence-electron chi connectivity index (χ3n) is 2.43. The summed E-state index contributed by atoms with van der Waals surface area (Å²) in [5.74, 6) is 0.945. The molecule has 0 aliphatic rings. The van der Waals surface area contributed by atoms with Gasteiger partial charge in [0.25, 0.3) is 0 Å². The van der Waals surface area contributed by atoms with Gasteiger partial charge in [-0.2, -0.15) is 0 Å². The lowest BCUT2D eigenvalue weighted by atomic mass is 10.3. The Bertz CT molecular complexity index is 526. The van der Waals surface area contributed by atoms with Crippen molar-refractivity contribution in [1.29, 1.82) is 0 Å². The lowest BCUT2D eigenvalue weighted by molar-refractivity contribution is 0.620. The van der Waals surface area contributed by atoms with Crippen molar-refractivity contribution < 1.29 is 0 Å². The third-order valence-corrected chi connectivity index (χ3v) is 4.49. The summed E-state index contributed by atoms with van der Waals surface area (Å²) in [6.45, 7) is 7.98. The van der Waals surface area contributed by atoms with Crippen molar-refractivity contribution in [3.8, 4) is 0 Å². The zero-order valence-electron chi connectivity index (χ0n) is 12.6. The predicted molar refractivity (Wildman–Crippen MR) is 87.0 cm³/mol. The molecule has 19 heavy (non-hydrogen) atoms. The molecular weight excluding hydrogens is 255 g/mol. The zero-order valence-corrected chi connectivity index (χ0v) is 13.5. The van der Waals surface area contributed by atoms with Gasteiger partial charge in [-0.15, -0.1) is 0 Å². The minimum Gasteiger partial charge on any atom is -0.366 e. The number of amidine groups is 1. The van der Waals surface area contributed by atoms with Crippen molar-refractivity contribution in [2.24, 2.45) is 14.3 Å². The third kappa shape index (κ3) is 5.39. The minimum absolute atomic E-state index is 0.929. The molecule has 0 heterocycles. The molecule has 0 bridgehead atoms. The van der Waals surface area contributed by atoms with Gasteiger partial charge in [0.1, 0.15) is 5.84 Å². The molecule has 0 radical (unpaired) electrons. The lowest BCUT2D eigenvalue weighted by Gasteiger charge is -2.16. The average Bonchev–Trinajstić information content (AvgIpc) is 2.28. The number of benzene rings is 1. The standard InChI is InChI=1S/C14H23N4P/c1-12(2)15-19(6,16-13(3)18(4)5)17-14-10-8-7-9-11-14/h7-11H,1-6H3. The van der Waals surface area contributed by atoms with E-state index in [1.165, 1.54) is 0 Å². The summed E-state index contributed by atoms with van der Waals surface area (Å²) in [6, 6.07) is 9.92. The van der Waals surface area contributed by atoms with E-state index >= 15 is 0 Å². The second kappa shape index (κ2) is 6.67. The molecule has 1 rings (SSSR count). The van der Waals surface area contributed by atoms with Crippen LogP contribution in [-0.4, -0.2) is 37.2 Å². The van der Waals surface area contributed by atoms with E-state index in [2.05, 4.69) is 4.76 Å². The lowest BCUT2D eigenvalue weighted by Crippen LogP contribution is -2.17. The first-order chi connectivity index (χ1) is 8.82. The normalized spacial score (nSPS) is 14.5. The van der Waals surface area contributed by atoms with Gasteiger partial charge < -0.3 is 4.90 Å². The molecule has 104 valence electrons. The molecule has 5 heteroatoms. The summed E-state index contributed by atoms with van der Waals surface area (Å²) in [4.78, 5) is 1.99. The molecule has 0 aliphatic heterocycles. The van der Waals surface area contributed by atoms with Crippen LogP contribution in [0.15, 0.2) is 44.6 Å². The van der Waals surface area contributed by atoms with Gasteiger partial charge in [-0.05, 0) is 32.9 Å². The van der Waals surface area contributed by atoms with Crippen LogP contribution in [0.1, 0.15) is 20.8 Å². The number of nitrogens with zero attached hydrogens (tertiary/aromatic N) is 4. The van der Waals surface area contributed by atoms with E-state index in [1.807, 2.05) is 76.8 Å². The topological polar surface area (TPSA) is 40.3 Å². The van der Waals surface area contributed by atoms with E-state index < -0.39 is 7.36 Å². The van der Waals surface area contributed by atoms with Crippen LogP contribution in [0.3, 0.4) is 0 Å². The van der Waals surface area contributed by atoms with Gasteiger partial charge in [0.2, 0.25) is 0 Å². The van der Waals surface area contributed by atoms with E-state index in [1.54, 1.807) is 0 Å². The summed E-state index contributed by atoms with van der Waals surface area (Å²) < 4.78 is 14.2. The van der Waals surface area contributed by atoms with Gasteiger partial charge in [0.15, 0.2) is 7.36 Å². The molecule has 1 atom stereocenters. The largest absolute Gasteiger partial charge is 0.366 e. The Labute approximate surface area is 116 Å². The molecule has 0 spiro atoms. The van der Waals surface area contributed by atoms with Crippen LogP contribution >= 0.6 is 7.36 Å². The second-order valence-electron chi connectivity index (χ2n) is 4.89. The van der Waals surface area contributed by atoms with Crippen LogP contribution in [0.5, 0.6) is 0 Å². The quantitative estimate of drug-likeness (QED) is 0.457. The van der Waals surface area contributed by atoms with Gasteiger partial charge in [0, 0.05) is 26.5 Å². The smallest absolute Gasteiger partial charge is 0.185 e. The maximum absolute atomic E-state index is 4.76. The number of hydrogen-bond donors (Lipinski definition) is 0. The summed E-state index contributed by atoms with van der Waals surface area (Å²) in [6.07, 6.45) is 0. The van der Waals surface area contributed by atoms with Crippen LogP contribution in [0.4, 0.5) is 5.69 Å². The summed E-state index contributed by atoms with van der Waals surface area (Å²) in [7, 11) is 1.86. The predicted octanol–water partition coefficient (Wildman–Crippen LogP) is 4.44. The van der Waals surface area contributed by atoms with Crippen molar-refractivity contribution in [3.05, 3.63) is 30.3 Å². The van der Waals surface area contributed by atoms with E-state index in [9.17, 15) is 0 Å². The average molecular weight is 278 g/mol. The molecule has 0 N–H and O–H groups in total. The Morgan fingerprint density at radius 1 is 1.00 bits per heavy atom. The molecule has 0 fully saturated rings. The molecule has 0 saturated heterocycles. The van der Waals surface area contributed by atoms with E-state index in [0.717, 1.165) is 17.2 Å². The monoisotopic (exact) mass is 278 g/mol. The highest BCUT2D eigenvalue weighted by Crippen LogP contribution is 2.52. The first kappa shape index (κ1) is 15.6. The van der Waals surface area contributed by atoms with Crippen LogP contribution < -0.4 is 0 Å². The number of hydrogen-bond acceptors (Lipinski definition) is 1. The van der Waals surface area contributed by atoms with Crippen molar-refractivity contribution in [3.63, 3.8) is 0 Å². The maximum atomic E-state index is 4.76. The Balaban J connectivity index is 3.33. The van der Waals surface area contributed by atoms with Crippen LogP contribution in [0.2, 0.25) is 0 Å². The van der Waals surface area contributed by atoms with Crippen molar-refractivity contribution in [1.82, 2.24) is 4.90 Å². The van der Waals surface area contributed by atoms with Crippen LogP contribution in [0.25, 0.3) is 0 Å². The van der Waals surface area contributed by atoms with Gasteiger partial charge in [0.05, 0.1) is 5.69 Å². The fourth-order valence-electron chi connectivity index (χ4n) is 1.52. The van der Waals surface area contributed by atoms with Gasteiger partial charge in [-0.3, -0.25) is 0 Å². The highest BCUT2D eigenvalue weighted by atomic mass is 31.2. The second-order valence-corrected chi connectivity index (χ2v) is 7.23. The first-order valence-corrected chi connectivity index (χ1v) is 8.34. The fraction of sp³-hybridized carbons (Fsp3) is 0.429. The van der Waals surface area contributed by atoms with Crippen LogP contribution in [0, 0.1) is 0 Å². The molecule has 1 aromatic carbocycles. The first-order valence-electron chi connectivity index (χ1n) is 6.25. The Hall–Kier alpha value is -1.41. The SMILES string of the molecule is CC(C)=NP(C)(N=C(C)N(C)C)=Nc1ccccc1. The fourth-order valence-corrected chi connectivity index (χ4v) is 3.71. The van der Waals surface area contributed by atoms with Crippen molar-refractivity contribution in [2.45, 2.75) is 20.8 Å². The van der Waals surface area contributed by atoms with Gasteiger partial charge in [-0.1, -0.05) is 18.2 Å². The highest BCUT2D eigenvalue weighted by molar-refractivity contribution is 7.63.